The fourth-order valence-corrected chi connectivity index (χ4v) is 4.78. The van der Waals surface area contributed by atoms with Gasteiger partial charge in [-0.2, -0.15) is 4.98 Å². The van der Waals surface area contributed by atoms with Crippen molar-refractivity contribution >= 4 is 67.5 Å². The monoisotopic (exact) mass is 800 g/mol. The molecule has 10 heterocycles. The second-order valence-corrected chi connectivity index (χ2v) is 11.4. The minimum Gasteiger partial charge on any atom is -0.383 e. The summed E-state index contributed by atoms with van der Waals surface area (Å²) in [5.74, 6) is 0.959. The third-order valence-electron chi connectivity index (χ3n) is 7.40. The molecule has 0 aromatic carbocycles. The third-order valence-corrected chi connectivity index (χ3v) is 7.40. The first-order chi connectivity index (χ1) is 27.7. The van der Waals surface area contributed by atoms with Gasteiger partial charge in [0.1, 0.15) is 39.7 Å². The SMILES string of the molecule is CN(C)c1ncnc2nc[nH]c12.Cn1c(=O)[nH]c2nc[nH]c2c1=O.Nc1[nH]c(=O)nc2[nH]c(=O)[nH]c12.O=c1[nH]c(=O)c2[nH]cnc2[nH]1.O=c1[nH]c(=O)c2[nH]cnc2[nH]1. The number of aromatic amines is 12. The van der Waals surface area contributed by atoms with Gasteiger partial charge in [-0.05, 0) is 0 Å². The maximum absolute atomic E-state index is 11.3. The van der Waals surface area contributed by atoms with Gasteiger partial charge in [-0.3, -0.25) is 53.8 Å². The van der Waals surface area contributed by atoms with Crippen molar-refractivity contribution in [1.82, 2.24) is 99.3 Å². The predicted molar refractivity (Wildman–Crippen MR) is 204 cm³/mol. The lowest BCUT2D eigenvalue weighted by atomic mass is 10.5. The van der Waals surface area contributed by atoms with Crippen LogP contribution < -0.4 is 55.8 Å². The van der Waals surface area contributed by atoms with Gasteiger partial charge in [0, 0.05) is 21.1 Å². The minimum atomic E-state index is -0.588. The Morgan fingerprint density at radius 3 is 1.62 bits per heavy atom. The van der Waals surface area contributed by atoms with E-state index < -0.39 is 39.6 Å². The summed E-state index contributed by atoms with van der Waals surface area (Å²) < 4.78 is 0.987. The summed E-state index contributed by atoms with van der Waals surface area (Å²) in [5.41, 5.74) is 5.32. The number of nitrogens with zero attached hydrogens (tertiary/aromatic N) is 9. The van der Waals surface area contributed by atoms with Gasteiger partial charge in [0.25, 0.3) is 16.7 Å². The number of imidazole rings is 5. The highest BCUT2D eigenvalue weighted by Crippen LogP contribution is 2.16. The standard InChI is InChI=1S/C7H9N5.C6H6N4O2.C5H5N5O2.2C5H4N4O2/c1-12(2)7-5-6(9-3-8-5)10-4-11-7;1-10-5(11)3-4(8-2-7-3)9-6(10)12;6-2-1-3(9-4(11)7-1)10-5(12)8-2;2*10-4-2-3(7-1-6-2)8-5(11)9-4/h3-4H,1-2H3,(H,8,9,10,11);2H,1H3,(H,7,8)(H,9,12);(H5,6,7,8,9,10,11,12);2*1H,(H3,6,7,8,9,10,11). The average Bonchev–Trinajstić information content (AvgIpc) is 4.02. The van der Waals surface area contributed by atoms with Crippen molar-refractivity contribution in [3.8, 4) is 0 Å². The molecular formula is C28H28N22O8. The molecule has 0 saturated carbocycles. The van der Waals surface area contributed by atoms with Crippen LogP contribution >= 0.6 is 0 Å². The van der Waals surface area contributed by atoms with Gasteiger partial charge in [0.15, 0.2) is 34.1 Å². The molecule has 0 saturated heterocycles. The van der Waals surface area contributed by atoms with E-state index in [0.717, 1.165) is 15.9 Å². The highest BCUT2D eigenvalue weighted by atomic mass is 16.2. The van der Waals surface area contributed by atoms with Gasteiger partial charge in [-0.1, -0.05) is 0 Å². The van der Waals surface area contributed by atoms with Crippen molar-refractivity contribution in [3.63, 3.8) is 0 Å². The van der Waals surface area contributed by atoms with Gasteiger partial charge in [0.05, 0.1) is 25.3 Å². The molecule has 0 unspecified atom stereocenters. The summed E-state index contributed by atoms with van der Waals surface area (Å²) in [5, 5.41) is 0. The van der Waals surface area contributed by atoms with Gasteiger partial charge in [0.2, 0.25) is 0 Å². The molecule has 0 radical (unpaired) electrons. The van der Waals surface area contributed by atoms with E-state index >= 15 is 0 Å². The smallest absolute Gasteiger partial charge is 0.348 e. The van der Waals surface area contributed by atoms with E-state index in [4.69, 9.17) is 5.73 Å². The molecule has 0 aliphatic rings. The van der Waals surface area contributed by atoms with E-state index in [-0.39, 0.29) is 39.4 Å². The van der Waals surface area contributed by atoms with Crippen LogP contribution in [-0.2, 0) is 7.05 Å². The fourth-order valence-electron chi connectivity index (χ4n) is 4.78. The zero-order valence-electron chi connectivity index (χ0n) is 29.8. The molecule has 30 nitrogen and oxygen atoms in total. The van der Waals surface area contributed by atoms with Crippen LogP contribution in [0.5, 0.6) is 0 Å². The topological polar surface area (TPSA) is 450 Å². The highest BCUT2D eigenvalue weighted by Gasteiger charge is 2.07. The first kappa shape index (κ1) is 38.5. The maximum Gasteiger partial charge on any atom is 0.348 e. The molecule has 10 aromatic rings. The molecule has 0 aliphatic heterocycles. The number of hydrogen-bond donors (Lipinski definition) is 13. The molecule has 58 heavy (non-hydrogen) atoms. The van der Waals surface area contributed by atoms with Crippen LogP contribution in [-0.4, -0.2) is 113 Å². The fraction of sp³-hybridized carbons (Fsp3) is 0.107. The second kappa shape index (κ2) is 16.0. The van der Waals surface area contributed by atoms with Crippen LogP contribution in [0.4, 0.5) is 11.6 Å². The molecule has 0 bridgehead atoms. The normalized spacial score (nSPS) is 10.6. The highest BCUT2D eigenvalue weighted by molar-refractivity contribution is 5.82. The summed E-state index contributed by atoms with van der Waals surface area (Å²) in [7, 11) is 5.27. The zero-order valence-corrected chi connectivity index (χ0v) is 29.8. The molecule has 0 spiro atoms. The maximum atomic E-state index is 11.3. The van der Waals surface area contributed by atoms with Crippen LogP contribution in [0.15, 0.2) is 70.0 Å². The number of rotatable bonds is 1. The van der Waals surface area contributed by atoms with Crippen molar-refractivity contribution in [1.29, 1.82) is 0 Å². The number of nitrogens with one attached hydrogen (secondary N) is 12. The van der Waals surface area contributed by atoms with E-state index in [0.29, 0.717) is 22.3 Å². The first-order valence-electron chi connectivity index (χ1n) is 15.9. The van der Waals surface area contributed by atoms with Crippen molar-refractivity contribution in [2.75, 3.05) is 24.7 Å². The molecule has 30 heteroatoms. The van der Waals surface area contributed by atoms with Crippen LogP contribution in [0.3, 0.4) is 0 Å². The lowest BCUT2D eigenvalue weighted by molar-refractivity contribution is 0.790. The number of hydrogen-bond acceptors (Lipinski definition) is 17. The summed E-state index contributed by atoms with van der Waals surface area (Å²) in [6.45, 7) is 0. The predicted octanol–water partition coefficient (Wildman–Crippen LogP) is -4.23. The van der Waals surface area contributed by atoms with E-state index in [1.54, 1.807) is 6.33 Å². The van der Waals surface area contributed by atoms with Crippen LogP contribution in [0.1, 0.15) is 0 Å². The van der Waals surface area contributed by atoms with Crippen molar-refractivity contribution in [3.05, 3.63) is 115 Å². The number of anilines is 2. The Bertz CT molecular complexity index is 3430. The Morgan fingerprint density at radius 1 is 0.534 bits per heavy atom. The number of H-pyrrole nitrogens is 12. The average molecular weight is 801 g/mol. The molecule has 0 amide bonds. The van der Waals surface area contributed by atoms with Crippen LogP contribution in [0, 0.1) is 0 Å². The molecule has 0 aliphatic carbocycles. The van der Waals surface area contributed by atoms with Crippen molar-refractivity contribution in [2.24, 2.45) is 7.05 Å². The number of nitrogen functional groups attached to an aromatic ring is 1. The summed E-state index contributed by atoms with van der Waals surface area (Å²) in [6, 6.07) is 0. The van der Waals surface area contributed by atoms with Crippen LogP contribution in [0.25, 0.3) is 55.8 Å². The molecule has 0 fully saturated rings. The second-order valence-electron chi connectivity index (χ2n) is 11.4. The van der Waals surface area contributed by atoms with E-state index in [1.165, 1.54) is 32.4 Å². The molecule has 10 rings (SSSR count). The van der Waals surface area contributed by atoms with E-state index in [9.17, 15) is 38.4 Å². The van der Waals surface area contributed by atoms with Gasteiger partial charge in [-0.15, -0.1) is 0 Å². The van der Waals surface area contributed by atoms with Crippen LogP contribution in [0.2, 0.25) is 0 Å². The Hall–Kier alpha value is -9.25. The summed E-state index contributed by atoms with van der Waals surface area (Å²) in [6.07, 6.45) is 7.18. The number of aromatic nitrogens is 20. The van der Waals surface area contributed by atoms with E-state index in [1.807, 2.05) is 19.0 Å². The van der Waals surface area contributed by atoms with Crippen molar-refractivity contribution in [2.45, 2.75) is 0 Å². The molecule has 298 valence electrons. The van der Waals surface area contributed by atoms with E-state index in [2.05, 4.69) is 94.7 Å². The Morgan fingerprint density at radius 2 is 1.03 bits per heavy atom. The number of fused-ring (bicyclic) bond motifs is 5. The largest absolute Gasteiger partial charge is 0.383 e. The number of nitrogens with two attached hydrogens (primary N) is 1. The molecular weight excluding hydrogens is 772 g/mol. The Labute approximate surface area is 313 Å². The summed E-state index contributed by atoms with van der Waals surface area (Å²) in [4.78, 5) is 145. The lowest BCUT2D eigenvalue weighted by Gasteiger charge is -2.10. The molecule has 14 N–H and O–H groups in total. The van der Waals surface area contributed by atoms with Gasteiger partial charge >= 0.3 is 28.4 Å². The Balaban J connectivity index is 0.000000122. The molecule has 10 aromatic heterocycles. The van der Waals surface area contributed by atoms with Gasteiger partial charge in [-0.25, -0.2) is 53.9 Å². The summed E-state index contributed by atoms with van der Waals surface area (Å²) >= 11 is 0. The lowest BCUT2D eigenvalue weighted by Crippen LogP contribution is -2.32. The van der Waals surface area contributed by atoms with Crippen molar-refractivity contribution < 1.29 is 0 Å². The zero-order chi connectivity index (χ0) is 41.7. The molecule has 0 atom stereocenters. The Kier molecular flexibility index (Phi) is 10.6. The quantitative estimate of drug-likeness (QED) is 0.0748. The minimum absolute atomic E-state index is 0.100. The first-order valence-corrected chi connectivity index (χ1v) is 15.9. The third kappa shape index (κ3) is 8.27. The van der Waals surface area contributed by atoms with Gasteiger partial charge < -0.3 is 35.6 Å².